The Kier molecular flexibility index (Phi) is 5.57. The van der Waals surface area contributed by atoms with Crippen molar-refractivity contribution >= 4 is 16.7 Å². The molecule has 0 aliphatic carbocycles. The quantitative estimate of drug-likeness (QED) is 0.705. The van der Waals surface area contributed by atoms with Crippen molar-refractivity contribution in [2.24, 2.45) is 0 Å². The van der Waals surface area contributed by atoms with Crippen molar-refractivity contribution in [3.8, 4) is 0 Å². The first-order chi connectivity index (χ1) is 14.1. The molecule has 1 amide bonds. The molecule has 0 spiro atoms. The predicted molar refractivity (Wildman–Crippen MR) is 112 cm³/mol. The highest BCUT2D eigenvalue weighted by Gasteiger charge is 2.22. The highest BCUT2D eigenvalue weighted by atomic mass is 16.2. The SMILES string of the molecule is O=C(Cn1[nH]c(=O)c2ccccc2c1=O)N1CCN(CCc2ccccc2)CC1. The third-order valence-corrected chi connectivity index (χ3v) is 5.46. The maximum Gasteiger partial charge on any atom is 0.273 e. The number of rotatable bonds is 5. The summed E-state index contributed by atoms with van der Waals surface area (Å²) in [5.74, 6) is -0.152. The third kappa shape index (κ3) is 4.30. The van der Waals surface area contributed by atoms with Crippen LogP contribution in [0.25, 0.3) is 10.8 Å². The molecule has 1 aliphatic heterocycles. The highest BCUT2D eigenvalue weighted by Crippen LogP contribution is 2.07. The van der Waals surface area contributed by atoms with E-state index in [1.807, 2.05) is 18.2 Å². The minimum absolute atomic E-state index is 0.150. The molecular weight excluding hydrogens is 368 g/mol. The number of nitrogens with zero attached hydrogens (tertiary/aromatic N) is 3. The number of aromatic amines is 1. The van der Waals surface area contributed by atoms with E-state index in [1.165, 1.54) is 5.56 Å². The Morgan fingerprint density at radius 1 is 0.862 bits per heavy atom. The normalized spacial score (nSPS) is 15.0. The molecule has 0 saturated carbocycles. The van der Waals surface area contributed by atoms with Gasteiger partial charge in [0.1, 0.15) is 6.54 Å². The summed E-state index contributed by atoms with van der Waals surface area (Å²) in [6.07, 6.45) is 0.989. The zero-order valence-electron chi connectivity index (χ0n) is 16.2. The van der Waals surface area contributed by atoms with Crippen LogP contribution in [0.2, 0.25) is 0 Å². The van der Waals surface area contributed by atoms with Crippen molar-refractivity contribution in [2.75, 3.05) is 32.7 Å². The average molecular weight is 392 g/mol. The van der Waals surface area contributed by atoms with Gasteiger partial charge in [0.05, 0.1) is 10.8 Å². The van der Waals surface area contributed by atoms with Gasteiger partial charge in [0.25, 0.3) is 11.1 Å². The van der Waals surface area contributed by atoms with Crippen LogP contribution in [0, 0.1) is 0 Å². The van der Waals surface area contributed by atoms with Crippen molar-refractivity contribution in [3.63, 3.8) is 0 Å². The minimum Gasteiger partial charge on any atom is -0.339 e. The fraction of sp³-hybridized carbons (Fsp3) is 0.318. The van der Waals surface area contributed by atoms with Crippen molar-refractivity contribution in [1.29, 1.82) is 0 Å². The van der Waals surface area contributed by atoms with Gasteiger partial charge >= 0.3 is 0 Å². The van der Waals surface area contributed by atoms with Gasteiger partial charge in [0, 0.05) is 32.7 Å². The average Bonchev–Trinajstić information content (AvgIpc) is 2.77. The van der Waals surface area contributed by atoms with Crippen molar-refractivity contribution in [3.05, 3.63) is 80.9 Å². The summed E-state index contributed by atoms with van der Waals surface area (Å²) in [5.41, 5.74) is 0.597. The van der Waals surface area contributed by atoms with Crippen molar-refractivity contribution in [1.82, 2.24) is 19.6 Å². The molecule has 0 unspecified atom stereocenters. The second-order valence-corrected chi connectivity index (χ2v) is 7.34. The maximum atomic E-state index is 12.7. The van der Waals surface area contributed by atoms with Crippen LogP contribution in [0.1, 0.15) is 5.56 Å². The lowest BCUT2D eigenvalue weighted by Crippen LogP contribution is -2.50. The number of piperazine rings is 1. The fourth-order valence-electron chi connectivity index (χ4n) is 3.75. The number of H-pyrrole nitrogens is 1. The molecule has 0 radical (unpaired) electrons. The number of nitrogens with one attached hydrogen (secondary N) is 1. The fourth-order valence-corrected chi connectivity index (χ4v) is 3.75. The Bertz CT molecular complexity index is 1110. The summed E-state index contributed by atoms with van der Waals surface area (Å²) < 4.78 is 1.12. The molecule has 3 aromatic rings. The Morgan fingerprint density at radius 3 is 2.24 bits per heavy atom. The van der Waals surface area contributed by atoms with E-state index >= 15 is 0 Å². The largest absolute Gasteiger partial charge is 0.339 e. The molecule has 7 heteroatoms. The number of fused-ring (bicyclic) bond motifs is 1. The van der Waals surface area contributed by atoms with Gasteiger partial charge in [-0.05, 0) is 24.1 Å². The third-order valence-electron chi connectivity index (χ3n) is 5.46. The van der Waals surface area contributed by atoms with Crippen LogP contribution in [0.5, 0.6) is 0 Å². The number of carbonyl (C=O) groups is 1. The van der Waals surface area contributed by atoms with E-state index in [0.29, 0.717) is 23.9 Å². The summed E-state index contributed by atoms with van der Waals surface area (Å²) in [6.45, 7) is 3.68. The van der Waals surface area contributed by atoms with E-state index < -0.39 is 0 Å². The summed E-state index contributed by atoms with van der Waals surface area (Å²) >= 11 is 0. The number of carbonyl (C=O) groups excluding carboxylic acids is 1. The Hall–Kier alpha value is -3.19. The molecule has 4 rings (SSSR count). The van der Waals surface area contributed by atoms with Gasteiger partial charge in [-0.15, -0.1) is 0 Å². The molecule has 1 saturated heterocycles. The zero-order chi connectivity index (χ0) is 20.2. The molecule has 29 heavy (non-hydrogen) atoms. The Labute approximate surface area is 168 Å². The Balaban J connectivity index is 1.36. The van der Waals surface area contributed by atoms with Crippen LogP contribution in [-0.4, -0.2) is 58.2 Å². The molecule has 1 N–H and O–H groups in total. The standard InChI is InChI=1S/C22H24N4O3/c27-20(16-26-22(29)19-9-5-4-8-18(19)21(28)23-26)25-14-12-24(13-15-25)11-10-17-6-2-1-3-7-17/h1-9H,10-16H2,(H,23,28). The lowest BCUT2D eigenvalue weighted by molar-refractivity contribution is -0.133. The van der Waals surface area contributed by atoms with E-state index in [1.54, 1.807) is 29.2 Å². The topological polar surface area (TPSA) is 78.4 Å². The highest BCUT2D eigenvalue weighted by molar-refractivity contribution is 5.81. The minimum atomic E-state index is -0.362. The number of aromatic nitrogens is 2. The number of hydrogen-bond acceptors (Lipinski definition) is 4. The lowest BCUT2D eigenvalue weighted by atomic mass is 10.1. The number of hydrogen-bond donors (Lipinski definition) is 1. The van der Waals surface area contributed by atoms with Crippen LogP contribution in [-0.2, 0) is 17.8 Å². The van der Waals surface area contributed by atoms with E-state index in [0.717, 1.165) is 30.7 Å². The van der Waals surface area contributed by atoms with Crippen LogP contribution >= 0.6 is 0 Å². The summed E-state index contributed by atoms with van der Waals surface area (Å²) in [7, 11) is 0. The molecule has 1 fully saturated rings. The number of amides is 1. The van der Waals surface area contributed by atoms with Crippen LogP contribution < -0.4 is 11.1 Å². The summed E-state index contributed by atoms with van der Waals surface area (Å²) in [4.78, 5) is 41.6. The number of benzene rings is 2. The first kappa shape index (κ1) is 19.1. The first-order valence-corrected chi connectivity index (χ1v) is 9.88. The monoisotopic (exact) mass is 392 g/mol. The smallest absolute Gasteiger partial charge is 0.273 e. The van der Waals surface area contributed by atoms with E-state index in [2.05, 4.69) is 22.1 Å². The van der Waals surface area contributed by atoms with Crippen molar-refractivity contribution < 1.29 is 4.79 Å². The van der Waals surface area contributed by atoms with Crippen LogP contribution in [0.3, 0.4) is 0 Å². The molecule has 1 aromatic heterocycles. The van der Waals surface area contributed by atoms with Crippen LogP contribution in [0.15, 0.2) is 64.2 Å². The van der Waals surface area contributed by atoms with Gasteiger partial charge in [0.2, 0.25) is 5.91 Å². The van der Waals surface area contributed by atoms with E-state index in [-0.39, 0.29) is 23.6 Å². The molecule has 0 atom stereocenters. The van der Waals surface area contributed by atoms with E-state index in [4.69, 9.17) is 0 Å². The second kappa shape index (κ2) is 8.45. The summed E-state index contributed by atoms with van der Waals surface area (Å²) in [6, 6.07) is 17.0. The van der Waals surface area contributed by atoms with Gasteiger partial charge < -0.3 is 4.90 Å². The maximum absolute atomic E-state index is 12.7. The van der Waals surface area contributed by atoms with Gasteiger partial charge in [-0.25, -0.2) is 4.68 Å². The van der Waals surface area contributed by atoms with Crippen LogP contribution in [0.4, 0.5) is 0 Å². The summed E-state index contributed by atoms with van der Waals surface area (Å²) in [5, 5.41) is 3.20. The molecular formula is C22H24N4O3. The molecule has 1 aliphatic rings. The Morgan fingerprint density at radius 2 is 1.52 bits per heavy atom. The van der Waals surface area contributed by atoms with Gasteiger partial charge in [-0.1, -0.05) is 42.5 Å². The lowest BCUT2D eigenvalue weighted by Gasteiger charge is -2.34. The second-order valence-electron chi connectivity index (χ2n) is 7.34. The van der Waals surface area contributed by atoms with Gasteiger partial charge in [-0.2, -0.15) is 0 Å². The predicted octanol–water partition coefficient (Wildman–Crippen LogP) is 1.08. The van der Waals surface area contributed by atoms with Gasteiger partial charge in [0.15, 0.2) is 0 Å². The molecule has 150 valence electrons. The molecule has 0 bridgehead atoms. The first-order valence-electron chi connectivity index (χ1n) is 9.88. The molecule has 2 heterocycles. The van der Waals surface area contributed by atoms with Crippen molar-refractivity contribution in [2.45, 2.75) is 13.0 Å². The zero-order valence-corrected chi connectivity index (χ0v) is 16.2. The van der Waals surface area contributed by atoms with Gasteiger partial charge in [-0.3, -0.25) is 24.4 Å². The van der Waals surface area contributed by atoms with E-state index in [9.17, 15) is 14.4 Å². The molecule has 7 nitrogen and oxygen atoms in total. The molecule has 2 aromatic carbocycles.